The molecule has 88 valence electrons. The lowest BCUT2D eigenvalue weighted by Crippen LogP contribution is -1.95. The third kappa shape index (κ3) is 1.82. The Morgan fingerprint density at radius 2 is 2.11 bits per heavy atom. The zero-order valence-corrected chi connectivity index (χ0v) is 10.8. The van der Waals surface area contributed by atoms with Crippen molar-refractivity contribution >= 4 is 33.4 Å². The molecule has 5 heteroatoms. The van der Waals surface area contributed by atoms with E-state index < -0.39 is 0 Å². The summed E-state index contributed by atoms with van der Waals surface area (Å²) in [7, 11) is 0. The highest BCUT2D eigenvalue weighted by molar-refractivity contribution is 9.10. The number of benzene rings is 1. The highest BCUT2D eigenvalue weighted by Crippen LogP contribution is 2.19. The molecule has 0 amide bonds. The van der Waals surface area contributed by atoms with Gasteiger partial charge in [-0.3, -0.25) is 9.36 Å². The first-order chi connectivity index (χ1) is 8.78. The first-order valence-corrected chi connectivity index (χ1v) is 6.12. The van der Waals surface area contributed by atoms with Gasteiger partial charge in [0.15, 0.2) is 5.65 Å². The van der Waals surface area contributed by atoms with E-state index >= 15 is 0 Å². The van der Waals surface area contributed by atoms with E-state index in [0.29, 0.717) is 5.56 Å². The maximum atomic E-state index is 10.8. The molecule has 3 rings (SSSR count). The maximum absolute atomic E-state index is 10.8. The van der Waals surface area contributed by atoms with Gasteiger partial charge in [0.1, 0.15) is 22.7 Å². The molecule has 0 saturated heterocycles. The summed E-state index contributed by atoms with van der Waals surface area (Å²) in [5.41, 5.74) is 3.07. The van der Waals surface area contributed by atoms with Crippen LogP contribution in [0.3, 0.4) is 0 Å². The first-order valence-electron chi connectivity index (χ1n) is 5.33. The molecule has 18 heavy (non-hydrogen) atoms. The third-order valence-electron chi connectivity index (χ3n) is 2.65. The highest BCUT2D eigenvalue weighted by atomic mass is 79.9. The molecule has 0 spiro atoms. The standard InChI is InChI=1S/C13H8BrN3O/c14-12-5-4-11-13(16-12)17(8-15-11)10-3-1-2-9(6-10)7-18/h1-8H. The average molecular weight is 302 g/mol. The zero-order chi connectivity index (χ0) is 12.5. The minimum absolute atomic E-state index is 0.629. The van der Waals surface area contributed by atoms with Gasteiger partial charge in [-0.2, -0.15) is 0 Å². The van der Waals surface area contributed by atoms with Crippen LogP contribution < -0.4 is 0 Å². The normalized spacial score (nSPS) is 10.7. The fraction of sp³-hybridized carbons (Fsp3) is 0. The second-order valence-electron chi connectivity index (χ2n) is 3.80. The molecule has 0 aliphatic carbocycles. The van der Waals surface area contributed by atoms with Crippen LogP contribution in [0.2, 0.25) is 0 Å². The number of fused-ring (bicyclic) bond motifs is 1. The Balaban J connectivity index is 2.24. The molecular formula is C13H8BrN3O. The SMILES string of the molecule is O=Cc1cccc(-n2cnc3ccc(Br)nc32)c1. The Hall–Kier alpha value is -2.01. The van der Waals surface area contributed by atoms with Crippen molar-refractivity contribution in [3.63, 3.8) is 0 Å². The summed E-state index contributed by atoms with van der Waals surface area (Å²) < 4.78 is 2.61. The van der Waals surface area contributed by atoms with Crippen molar-refractivity contribution in [2.75, 3.05) is 0 Å². The van der Waals surface area contributed by atoms with E-state index in [2.05, 4.69) is 25.9 Å². The van der Waals surface area contributed by atoms with Gasteiger partial charge in [-0.15, -0.1) is 0 Å². The Bertz CT molecular complexity index is 736. The van der Waals surface area contributed by atoms with Crippen LogP contribution in [0.25, 0.3) is 16.9 Å². The Labute approximate surface area is 111 Å². The lowest BCUT2D eigenvalue weighted by atomic mass is 10.2. The van der Waals surface area contributed by atoms with Crippen molar-refractivity contribution in [3.8, 4) is 5.69 Å². The van der Waals surface area contributed by atoms with Crippen molar-refractivity contribution < 1.29 is 4.79 Å². The largest absolute Gasteiger partial charge is 0.298 e. The van der Waals surface area contributed by atoms with Gasteiger partial charge in [-0.05, 0) is 40.2 Å². The van der Waals surface area contributed by atoms with Crippen LogP contribution >= 0.6 is 15.9 Å². The number of rotatable bonds is 2. The van der Waals surface area contributed by atoms with E-state index in [1.807, 2.05) is 28.8 Å². The van der Waals surface area contributed by atoms with E-state index in [0.717, 1.165) is 27.7 Å². The van der Waals surface area contributed by atoms with E-state index in [9.17, 15) is 4.79 Å². The second-order valence-corrected chi connectivity index (χ2v) is 4.62. The number of pyridine rings is 1. The van der Waals surface area contributed by atoms with E-state index in [4.69, 9.17) is 0 Å². The lowest BCUT2D eigenvalue weighted by molar-refractivity contribution is 0.112. The number of hydrogen-bond acceptors (Lipinski definition) is 3. The number of nitrogens with zero attached hydrogens (tertiary/aromatic N) is 3. The van der Waals surface area contributed by atoms with Crippen LogP contribution in [0.5, 0.6) is 0 Å². The molecule has 0 atom stereocenters. The van der Waals surface area contributed by atoms with Crippen molar-refractivity contribution in [2.45, 2.75) is 0 Å². The Morgan fingerprint density at radius 1 is 1.22 bits per heavy atom. The molecule has 0 aliphatic rings. The quantitative estimate of drug-likeness (QED) is 0.540. The topological polar surface area (TPSA) is 47.8 Å². The van der Waals surface area contributed by atoms with Crippen LogP contribution in [-0.2, 0) is 0 Å². The fourth-order valence-corrected chi connectivity index (χ4v) is 2.11. The molecule has 3 aromatic rings. The predicted octanol–water partition coefficient (Wildman–Crippen LogP) is 3.00. The van der Waals surface area contributed by atoms with Crippen LogP contribution in [-0.4, -0.2) is 20.8 Å². The minimum Gasteiger partial charge on any atom is -0.298 e. The number of imidazole rings is 1. The molecule has 0 fully saturated rings. The van der Waals surface area contributed by atoms with Gasteiger partial charge < -0.3 is 0 Å². The van der Waals surface area contributed by atoms with Crippen molar-refractivity contribution in [2.24, 2.45) is 0 Å². The molecule has 0 aliphatic heterocycles. The Kier molecular flexibility index (Phi) is 2.68. The number of carbonyl (C=O) groups is 1. The zero-order valence-electron chi connectivity index (χ0n) is 9.25. The number of aromatic nitrogens is 3. The first kappa shape index (κ1) is 11.1. The van der Waals surface area contributed by atoms with Crippen LogP contribution in [0, 0.1) is 0 Å². The molecular weight excluding hydrogens is 294 g/mol. The predicted molar refractivity (Wildman–Crippen MR) is 72.0 cm³/mol. The summed E-state index contributed by atoms with van der Waals surface area (Å²) in [5, 5.41) is 0. The number of halogens is 1. The van der Waals surface area contributed by atoms with Crippen molar-refractivity contribution in [1.82, 2.24) is 14.5 Å². The monoisotopic (exact) mass is 301 g/mol. The number of carbonyl (C=O) groups excluding carboxylic acids is 1. The fourth-order valence-electron chi connectivity index (χ4n) is 1.81. The van der Waals surface area contributed by atoms with Gasteiger partial charge in [0.25, 0.3) is 0 Å². The summed E-state index contributed by atoms with van der Waals surface area (Å²) in [5.74, 6) is 0. The van der Waals surface area contributed by atoms with Crippen molar-refractivity contribution in [3.05, 3.63) is 52.9 Å². The molecule has 2 aromatic heterocycles. The summed E-state index contributed by atoms with van der Waals surface area (Å²) in [6.07, 6.45) is 2.53. The van der Waals surface area contributed by atoms with Gasteiger partial charge in [0.05, 0.1) is 0 Å². The van der Waals surface area contributed by atoms with Gasteiger partial charge in [-0.1, -0.05) is 12.1 Å². The smallest absolute Gasteiger partial charge is 0.165 e. The molecule has 2 heterocycles. The summed E-state index contributed by atoms with van der Waals surface area (Å²) in [6, 6.07) is 11.1. The number of aldehydes is 1. The maximum Gasteiger partial charge on any atom is 0.165 e. The van der Waals surface area contributed by atoms with Crippen LogP contribution in [0.15, 0.2) is 47.3 Å². The molecule has 0 N–H and O–H groups in total. The Morgan fingerprint density at radius 3 is 2.94 bits per heavy atom. The molecule has 4 nitrogen and oxygen atoms in total. The van der Waals surface area contributed by atoms with Gasteiger partial charge in [0.2, 0.25) is 0 Å². The average Bonchev–Trinajstić information content (AvgIpc) is 2.81. The number of hydrogen-bond donors (Lipinski definition) is 0. The summed E-state index contributed by atoms with van der Waals surface area (Å²) in [6.45, 7) is 0. The second kappa shape index (κ2) is 4.34. The van der Waals surface area contributed by atoms with Crippen LogP contribution in [0.1, 0.15) is 10.4 Å². The molecule has 0 radical (unpaired) electrons. The van der Waals surface area contributed by atoms with E-state index in [1.165, 1.54) is 0 Å². The van der Waals surface area contributed by atoms with Gasteiger partial charge >= 0.3 is 0 Å². The third-order valence-corrected chi connectivity index (χ3v) is 3.09. The minimum atomic E-state index is 0.629. The van der Waals surface area contributed by atoms with Crippen LogP contribution in [0.4, 0.5) is 0 Å². The summed E-state index contributed by atoms with van der Waals surface area (Å²) >= 11 is 3.34. The molecule has 0 unspecified atom stereocenters. The van der Waals surface area contributed by atoms with E-state index in [1.54, 1.807) is 18.5 Å². The molecule has 0 bridgehead atoms. The lowest BCUT2D eigenvalue weighted by Gasteiger charge is -2.04. The summed E-state index contributed by atoms with van der Waals surface area (Å²) in [4.78, 5) is 19.5. The highest BCUT2D eigenvalue weighted by Gasteiger charge is 2.06. The van der Waals surface area contributed by atoms with Gasteiger partial charge in [0, 0.05) is 11.3 Å². The van der Waals surface area contributed by atoms with E-state index in [-0.39, 0.29) is 0 Å². The molecule has 0 saturated carbocycles. The van der Waals surface area contributed by atoms with Crippen molar-refractivity contribution in [1.29, 1.82) is 0 Å². The van der Waals surface area contributed by atoms with Gasteiger partial charge in [-0.25, -0.2) is 9.97 Å². The molecule has 1 aromatic carbocycles.